The Labute approximate surface area is 168 Å². The molecule has 0 aromatic heterocycles. The van der Waals surface area contributed by atoms with Crippen molar-refractivity contribution in [3.8, 4) is 0 Å². The van der Waals surface area contributed by atoms with Gasteiger partial charge >= 0.3 is 0 Å². The zero-order valence-corrected chi connectivity index (χ0v) is 17.5. The predicted octanol–water partition coefficient (Wildman–Crippen LogP) is 4.91. The highest BCUT2D eigenvalue weighted by Gasteiger charge is 2.46. The first-order valence-electron chi connectivity index (χ1n) is 8.78. The third-order valence-corrected chi connectivity index (χ3v) is 6.44. The van der Waals surface area contributed by atoms with Gasteiger partial charge < -0.3 is 4.74 Å². The molecule has 140 valence electrons. The van der Waals surface area contributed by atoms with Gasteiger partial charge in [0.1, 0.15) is 6.10 Å². The first kappa shape index (κ1) is 19.7. The molecule has 1 atom stereocenters. The molecular formula is C19H22ClNO3S2. The second-order valence-corrected chi connectivity index (χ2v) is 8.35. The number of rotatable bonds is 8. The van der Waals surface area contributed by atoms with Gasteiger partial charge in [0.25, 0.3) is 0 Å². The van der Waals surface area contributed by atoms with Crippen LogP contribution in [0.3, 0.4) is 0 Å². The molecule has 1 aliphatic heterocycles. The van der Waals surface area contributed by atoms with E-state index in [9.17, 15) is 4.79 Å². The number of thiocarbonyl (C=S) groups is 1. The highest BCUT2D eigenvalue weighted by Crippen LogP contribution is 2.45. The molecule has 0 radical (unpaired) electrons. The molecule has 1 fully saturated rings. The number of nitrogens with zero attached hydrogens (tertiary/aromatic N) is 1. The Morgan fingerprint density at radius 1 is 1.46 bits per heavy atom. The molecule has 26 heavy (non-hydrogen) atoms. The van der Waals surface area contributed by atoms with Crippen LogP contribution in [-0.2, 0) is 14.4 Å². The maximum absolute atomic E-state index is 11.5. The minimum Gasteiger partial charge on any atom is -0.477 e. The summed E-state index contributed by atoms with van der Waals surface area (Å²) in [6, 6.07) is 3.83. The standard InChI is InChI=1S/C19H22ClNO3S2/c1-4-23-19-15(16(12-6-7-12)24-21(19)10-22)17(25)13-8-9-14(20)11(3)18(13)26-5-2/h8-10,12,16H,4-7H2,1-3H3. The molecule has 1 heterocycles. The highest BCUT2D eigenvalue weighted by atomic mass is 35.5. The second kappa shape index (κ2) is 8.30. The Kier molecular flexibility index (Phi) is 6.28. The predicted molar refractivity (Wildman–Crippen MR) is 108 cm³/mol. The maximum Gasteiger partial charge on any atom is 0.240 e. The van der Waals surface area contributed by atoms with Crippen LogP contribution < -0.4 is 0 Å². The van der Waals surface area contributed by atoms with Crippen molar-refractivity contribution in [3.05, 3.63) is 39.7 Å². The third-order valence-electron chi connectivity index (χ3n) is 4.49. The second-order valence-electron chi connectivity index (χ2n) is 6.26. The minimum absolute atomic E-state index is 0.232. The number of hydrogen-bond acceptors (Lipinski definition) is 5. The van der Waals surface area contributed by atoms with Gasteiger partial charge in [-0.1, -0.05) is 36.8 Å². The fourth-order valence-electron chi connectivity index (χ4n) is 3.08. The number of amides is 1. The van der Waals surface area contributed by atoms with Crippen LogP contribution in [-0.4, -0.2) is 34.8 Å². The van der Waals surface area contributed by atoms with E-state index in [1.54, 1.807) is 11.8 Å². The third kappa shape index (κ3) is 3.65. The first-order valence-corrected chi connectivity index (χ1v) is 10.5. The number of carbonyl (C=O) groups excluding carboxylic acids is 1. The van der Waals surface area contributed by atoms with E-state index < -0.39 is 0 Å². The Hall–Kier alpha value is -1.08. The van der Waals surface area contributed by atoms with Crippen LogP contribution in [0.4, 0.5) is 0 Å². The molecule has 0 N–H and O–H groups in total. The van der Waals surface area contributed by atoms with E-state index in [1.807, 2.05) is 26.0 Å². The summed E-state index contributed by atoms with van der Waals surface area (Å²) in [5, 5.41) is 1.91. The molecule has 3 rings (SSSR count). The molecule has 0 saturated heterocycles. The van der Waals surface area contributed by atoms with E-state index in [-0.39, 0.29) is 6.10 Å². The van der Waals surface area contributed by atoms with Crippen molar-refractivity contribution in [2.45, 2.75) is 44.6 Å². The van der Waals surface area contributed by atoms with Crippen molar-refractivity contribution in [3.63, 3.8) is 0 Å². The normalized spacial score (nSPS) is 19.8. The van der Waals surface area contributed by atoms with Gasteiger partial charge in [-0.15, -0.1) is 11.8 Å². The lowest BCUT2D eigenvalue weighted by atomic mass is 9.97. The molecule has 1 aromatic rings. The first-order chi connectivity index (χ1) is 12.5. The monoisotopic (exact) mass is 411 g/mol. The summed E-state index contributed by atoms with van der Waals surface area (Å²) in [6.45, 7) is 6.42. The quantitative estimate of drug-likeness (QED) is 0.263. The summed E-state index contributed by atoms with van der Waals surface area (Å²) in [5.41, 5.74) is 2.77. The van der Waals surface area contributed by atoms with Gasteiger partial charge in [0.2, 0.25) is 12.3 Å². The van der Waals surface area contributed by atoms with E-state index in [0.717, 1.165) is 45.2 Å². The van der Waals surface area contributed by atoms with Gasteiger partial charge in [-0.05, 0) is 50.0 Å². The molecule has 1 saturated carbocycles. The van der Waals surface area contributed by atoms with E-state index in [1.165, 1.54) is 5.06 Å². The number of thioether (sulfide) groups is 1. The molecule has 1 unspecified atom stereocenters. The Balaban J connectivity index is 2.10. The van der Waals surface area contributed by atoms with E-state index in [0.29, 0.717) is 29.7 Å². The maximum atomic E-state index is 11.5. The Morgan fingerprint density at radius 2 is 2.19 bits per heavy atom. The van der Waals surface area contributed by atoms with Crippen LogP contribution >= 0.6 is 35.6 Å². The van der Waals surface area contributed by atoms with E-state index in [4.69, 9.17) is 33.4 Å². The zero-order chi connectivity index (χ0) is 18.8. The van der Waals surface area contributed by atoms with Gasteiger partial charge in [0, 0.05) is 15.5 Å². The van der Waals surface area contributed by atoms with Crippen LogP contribution in [0.15, 0.2) is 28.5 Å². The number of carbonyl (C=O) groups is 1. The van der Waals surface area contributed by atoms with Gasteiger partial charge in [0.05, 0.1) is 17.0 Å². The minimum atomic E-state index is -0.232. The fraction of sp³-hybridized carbons (Fsp3) is 0.474. The lowest BCUT2D eigenvalue weighted by Crippen LogP contribution is -2.22. The van der Waals surface area contributed by atoms with Gasteiger partial charge in [-0.3, -0.25) is 9.63 Å². The number of hydroxylamine groups is 2. The molecule has 4 nitrogen and oxygen atoms in total. The molecule has 7 heteroatoms. The Bertz CT molecular complexity index is 761. The van der Waals surface area contributed by atoms with Crippen molar-refractivity contribution in [1.82, 2.24) is 5.06 Å². The largest absolute Gasteiger partial charge is 0.477 e. The van der Waals surface area contributed by atoms with Crippen molar-refractivity contribution >= 4 is 46.9 Å². The fourth-order valence-corrected chi connectivity index (χ4v) is 4.68. The molecule has 1 aromatic carbocycles. The van der Waals surface area contributed by atoms with Crippen molar-refractivity contribution < 1.29 is 14.4 Å². The van der Waals surface area contributed by atoms with Crippen LogP contribution in [0.1, 0.15) is 37.8 Å². The zero-order valence-electron chi connectivity index (χ0n) is 15.1. The van der Waals surface area contributed by atoms with E-state index in [2.05, 4.69) is 6.92 Å². The summed E-state index contributed by atoms with van der Waals surface area (Å²) in [6.07, 6.45) is 2.55. The van der Waals surface area contributed by atoms with Crippen molar-refractivity contribution in [2.24, 2.45) is 5.92 Å². The number of halogens is 1. The lowest BCUT2D eigenvalue weighted by molar-refractivity contribution is -0.176. The van der Waals surface area contributed by atoms with E-state index >= 15 is 0 Å². The number of ether oxygens (including phenoxy) is 1. The Morgan fingerprint density at radius 3 is 2.77 bits per heavy atom. The van der Waals surface area contributed by atoms with Crippen LogP contribution in [0.2, 0.25) is 5.02 Å². The van der Waals surface area contributed by atoms with Crippen LogP contribution in [0.25, 0.3) is 0 Å². The van der Waals surface area contributed by atoms with Crippen LogP contribution in [0, 0.1) is 12.8 Å². The van der Waals surface area contributed by atoms with Gasteiger partial charge in [-0.25, -0.2) is 0 Å². The molecule has 1 amide bonds. The average molecular weight is 412 g/mol. The summed E-state index contributed by atoms with van der Waals surface area (Å²) in [5.74, 6) is 1.71. The summed E-state index contributed by atoms with van der Waals surface area (Å²) in [4.78, 5) is 19.1. The highest BCUT2D eigenvalue weighted by molar-refractivity contribution is 7.99. The summed E-state index contributed by atoms with van der Waals surface area (Å²) >= 11 is 13.9. The summed E-state index contributed by atoms with van der Waals surface area (Å²) < 4.78 is 5.75. The smallest absolute Gasteiger partial charge is 0.240 e. The van der Waals surface area contributed by atoms with Crippen molar-refractivity contribution in [2.75, 3.05) is 12.4 Å². The van der Waals surface area contributed by atoms with Gasteiger partial charge in [-0.2, -0.15) is 5.06 Å². The number of benzene rings is 1. The van der Waals surface area contributed by atoms with Crippen LogP contribution in [0.5, 0.6) is 0 Å². The molecule has 0 bridgehead atoms. The van der Waals surface area contributed by atoms with Crippen molar-refractivity contribution in [1.29, 1.82) is 0 Å². The molecule has 1 aliphatic carbocycles. The SMILES string of the molecule is CCOC1=C(C(=S)c2ccc(Cl)c(C)c2SCC)C(C2CC2)ON1C=O. The summed E-state index contributed by atoms with van der Waals surface area (Å²) in [7, 11) is 0. The average Bonchev–Trinajstić information content (AvgIpc) is 3.41. The molecular weight excluding hydrogens is 390 g/mol. The number of hydrogen-bond donors (Lipinski definition) is 0. The van der Waals surface area contributed by atoms with Gasteiger partial charge in [0.15, 0.2) is 0 Å². The topological polar surface area (TPSA) is 38.8 Å². The molecule has 2 aliphatic rings. The lowest BCUT2D eigenvalue weighted by Gasteiger charge is -2.17. The molecule has 0 spiro atoms.